The largest absolute Gasteiger partial charge is 0.494 e. The number of benzene rings is 2. The third kappa shape index (κ3) is 9.13. The first-order valence-electron chi connectivity index (χ1n) is 18.5. The maximum absolute atomic E-state index is 13.2. The Hall–Kier alpha value is -4.61. The van der Waals surface area contributed by atoms with Crippen LogP contribution in [0.2, 0.25) is 0 Å². The van der Waals surface area contributed by atoms with Gasteiger partial charge in [0.2, 0.25) is 5.95 Å². The van der Waals surface area contributed by atoms with Crippen molar-refractivity contribution in [3.8, 4) is 17.0 Å². The van der Waals surface area contributed by atoms with Crippen molar-refractivity contribution in [3.05, 3.63) is 60.4 Å². The van der Waals surface area contributed by atoms with Gasteiger partial charge in [0.25, 0.3) is 0 Å². The lowest BCUT2D eigenvalue weighted by Gasteiger charge is -2.43. The molecule has 284 valence electrons. The van der Waals surface area contributed by atoms with Gasteiger partial charge >= 0.3 is 6.09 Å². The number of piperazine rings is 1. The van der Waals surface area contributed by atoms with Gasteiger partial charge in [-0.15, -0.1) is 0 Å². The van der Waals surface area contributed by atoms with Crippen LogP contribution < -0.4 is 25.6 Å². The molecule has 14 heteroatoms. The Labute approximate surface area is 313 Å². The predicted octanol–water partition coefficient (Wildman–Crippen LogP) is 6.70. The van der Waals surface area contributed by atoms with E-state index in [-0.39, 0.29) is 6.09 Å². The number of piperidine rings is 1. The molecule has 0 unspecified atom stereocenters. The molecule has 0 spiro atoms. The molecule has 0 bridgehead atoms. The first-order chi connectivity index (χ1) is 25.2. The van der Waals surface area contributed by atoms with Crippen LogP contribution >= 0.6 is 7.14 Å². The minimum atomic E-state index is -2.58. The number of aromatic nitrogens is 4. The van der Waals surface area contributed by atoms with Crippen LogP contribution in [-0.2, 0) is 22.8 Å². The molecule has 2 saturated heterocycles. The SMILES string of the molecule is CCc1cc(Nc2ncc(-c3ccn(C)n3)c(Nc3ccccc3P(C)(C)=O)n2)c(OC)cc1N1CCC(N2CCN(C(=O)OC(C)(C)C)CC2)CC1. The fraction of sp³-hybridized carbons (Fsp3) is 0.487. The van der Waals surface area contributed by atoms with Crippen molar-refractivity contribution in [3.63, 3.8) is 0 Å². The molecule has 2 aliphatic heterocycles. The lowest BCUT2D eigenvalue weighted by Crippen LogP contribution is -2.55. The van der Waals surface area contributed by atoms with Gasteiger partial charge in [-0.2, -0.15) is 10.1 Å². The van der Waals surface area contributed by atoms with E-state index >= 15 is 0 Å². The Morgan fingerprint density at radius 1 is 0.981 bits per heavy atom. The van der Waals surface area contributed by atoms with E-state index in [0.717, 1.165) is 73.4 Å². The number of carbonyl (C=O) groups excluding carboxylic acids is 1. The van der Waals surface area contributed by atoms with E-state index in [2.05, 4.69) is 44.6 Å². The second-order valence-corrected chi connectivity index (χ2v) is 18.4. The van der Waals surface area contributed by atoms with Crippen LogP contribution in [0.15, 0.2) is 54.9 Å². The first-order valence-corrected chi connectivity index (χ1v) is 21.1. The molecule has 13 nitrogen and oxygen atoms in total. The molecule has 2 aromatic heterocycles. The van der Waals surface area contributed by atoms with E-state index in [1.54, 1.807) is 31.3 Å². The third-order valence-corrected chi connectivity index (χ3v) is 11.4. The van der Waals surface area contributed by atoms with Crippen LogP contribution in [0.1, 0.15) is 46.1 Å². The molecule has 53 heavy (non-hydrogen) atoms. The number of amides is 1. The maximum atomic E-state index is 13.2. The van der Waals surface area contributed by atoms with Crippen LogP contribution in [0, 0.1) is 0 Å². The topological polar surface area (TPSA) is 130 Å². The summed E-state index contributed by atoms with van der Waals surface area (Å²) in [6.07, 6.45) is 6.36. The highest BCUT2D eigenvalue weighted by Crippen LogP contribution is 2.40. The number of para-hydroxylation sites is 1. The molecule has 2 aromatic carbocycles. The summed E-state index contributed by atoms with van der Waals surface area (Å²) in [4.78, 5) is 29.0. The summed E-state index contributed by atoms with van der Waals surface area (Å²) in [5, 5.41) is 12.2. The van der Waals surface area contributed by atoms with Gasteiger partial charge in [-0.05, 0) is 83.2 Å². The minimum absolute atomic E-state index is 0.220. The van der Waals surface area contributed by atoms with E-state index in [1.165, 1.54) is 11.3 Å². The predicted molar refractivity (Wildman–Crippen MR) is 213 cm³/mol. The zero-order valence-corrected chi connectivity index (χ0v) is 33.2. The minimum Gasteiger partial charge on any atom is -0.494 e. The Morgan fingerprint density at radius 2 is 1.70 bits per heavy atom. The molecule has 6 rings (SSSR count). The highest BCUT2D eigenvalue weighted by Gasteiger charge is 2.31. The first kappa shape index (κ1) is 38.1. The fourth-order valence-electron chi connectivity index (χ4n) is 7.11. The van der Waals surface area contributed by atoms with Crippen molar-refractivity contribution in [2.45, 2.75) is 58.6 Å². The summed E-state index contributed by atoms with van der Waals surface area (Å²) in [7, 11) is 0.969. The summed E-state index contributed by atoms with van der Waals surface area (Å²) in [5.41, 5.74) is 4.84. The van der Waals surface area contributed by atoms with Gasteiger partial charge in [0, 0.05) is 81.8 Å². The average molecular weight is 744 g/mol. The molecule has 0 aliphatic carbocycles. The molecule has 4 aromatic rings. The van der Waals surface area contributed by atoms with Crippen molar-refractivity contribution < 1.29 is 18.8 Å². The number of nitrogens with zero attached hydrogens (tertiary/aromatic N) is 7. The Morgan fingerprint density at radius 3 is 2.32 bits per heavy atom. The van der Waals surface area contributed by atoms with Crippen molar-refractivity contribution in [1.29, 1.82) is 0 Å². The zero-order valence-electron chi connectivity index (χ0n) is 32.3. The summed E-state index contributed by atoms with van der Waals surface area (Å²) in [6, 6.07) is 14.3. The monoisotopic (exact) mass is 743 g/mol. The standard InChI is InChI=1S/C39H54N9O4P/c1-9-27-24-32(34(51-6)25-33(27)47-18-14-28(15-19-47)46-20-22-48(23-21-46)38(49)52-39(2,3)4)42-37-40-26-29(30-16-17-45(5)44-30)36(43-37)41-31-12-10-11-13-35(31)53(7,8)50/h10-13,16-17,24-26,28H,9,14-15,18-23H2,1-8H3,(H2,40,41,42,43). The van der Waals surface area contributed by atoms with E-state index in [0.29, 0.717) is 36.6 Å². The smallest absolute Gasteiger partial charge is 0.410 e. The number of carbonyl (C=O) groups is 1. The fourth-order valence-corrected chi connectivity index (χ4v) is 8.26. The average Bonchev–Trinajstić information content (AvgIpc) is 3.56. The summed E-state index contributed by atoms with van der Waals surface area (Å²) in [5.74, 6) is 1.64. The number of rotatable bonds is 10. The second kappa shape index (κ2) is 15.8. The van der Waals surface area contributed by atoms with Crippen LogP contribution in [0.25, 0.3) is 11.3 Å². The maximum Gasteiger partial charge on any atom is 0.410 e. The van der Waals surface area contributed by atoms with Crippen molar-refractivity contribution in [1.82, 2.24) is 29.5 Å². The Bertz CT molecular complexity index is 1950. The molecule has 2 N–H and O–H groups in total. The van der Waals surface area contributed by atoms with E-state index < -0.39 is 12.7 Å². The molecule has 2 fully saturated rings. The number of methoxy groups -OCH3 is 1. The highest BCUT2D eigenvalue weighted by atomic mass is 31.2. The number of aryl methyl sites for hydroxylation is 2. The Kier molecular flexibility index (Phi) is 11.4. The van der Waals surface area contributed by atoms with Crippen molar-refractivity contribution in [2.24, 2.45) is 7.05 Å². The third-order valence-electron chi connectivity index (χ3n) is 9.83. The molecule has 4 heterocycles. The quantitative estimate of drug-likeness (QED) is 0.168. The van der Waals surface area contributed by atoms with Gasteiger partial charge in [-0.25, -0.2) is 9.78 Å². The van der Waals surface area contributed by atoms with Gasteiger partial charge in [0.05, 0.1) is 29.7 Å². The number of ether oxygens (including phenoxy) is 2. The van der Waals surface area contributed by atoms with Gasteiger partial charge in [0.15, 0.2) is 0 Å². The van der Waals surface area contributed by atoms with Crippen molar-refractivity contribution >= 4 is 47.4 Å². The summed E-state index contributed by atoms with van der Waals surface area (Å²) >= 11 is 0. The van der Waals surface area contributed by atoms with E-state index in [9.17, 15) is 9.36 Å². The molecule has 0 saturated carbocycles. The molecule has 1 amide bonds. The zero-order chi connectivity index (χ0) is 37.9. The van der Waals surface area contributed by atoms with E-state index in [1.807, 2.05) is 69.2 Å². The Balaban J connectivity index is 1.18. The van der Waals surface area contributed by atoms with Crippen LogP contribution in [-0.4, -0.2) is 107 Å². The number of anilines is 5. The van der Waals surface area contributed by atoms with Gasteiger partial charge in [-0.3, -0.25) is 9.58 Å². The van der Waals surface area contributed by atoms with Gasteiger partial charge < -0.3 is 34.5 Å². The normalized spacial score (nSPS) is 16.1. The van der Waals surface area contributed by atoms with Gasteiger partial charge in [0.1, 0.15) is 24.3 Å². The molecular formula is C39H54N9O4P. The molecular weight excluding hydrogens is 689 g/mol. The van der Waals surface area contributed by atoms with Crippen LogP contribution in [0.4, 0.5) is 33.6 Å². The summed E-state index contributed by atoms with van der Waals surface area (Å²) in [6.45, 7) is 16.4. The van der Waals surface area contributed by atoms with Crippen LogP contribution in [0.5, 0.6) is 5.75 Å². The number of hydrogen-bond acceptors (Lipinski definition) is 11. The number of hydrogen-bond donors (Lipinski definition) is 2. The molecule has 0 atom stereocenters. The summed E-state index contributed by atoms with van der Waals surface area (Å²) < 4.78 is 26.5. The highest BCUT2D eigenvalue weighted by molar-refractivity contribution is 7.70. The number of nitrogens with one attached hydrogen (secondary N) is 2. The lowest BCUT2D eigenvalue weighted by molar-refractivity contribution is 0.00901. The lowest BCUT2D eigenvalue weighted by atomic mass is 9.99. The van der Waals surface area contributed by atoms with E-state index in [4.69, 9.17) is 19.4 Å². The van der Waals surface area contributed by atoms with Crippen LogP contribution in [0.3, 0.4) is 0 Å². The second-order valence-electron chi connectivity index (χ2n) is 15.2. The molecule has 0 radical (unpaired) electrons. The molecule has 2 aliphatic rings. The van der Waals surface area contributed by atoms with Crippen molar-refractivity contribution in [2.75, 3.05) is 75.2 Å². The van der Waals surface area contributed by atoms with Gasteiger partial charge in [-0.1, -0.05) is 19.1 Å².